The maximum Gasteiger partial charge on any atom is 0.343 e. The first-order chi connectivity index (χ1) is 8.66. The Kier molecular flexibility index (Phi) is 3.57. The first kappa shape index (κ1) is 12.1. The fourth-order valence-electron chi connectivity index (χ4n) is 1.48. The summed E-state index contributed by atoms with van der Waals surface area (Å²) in [6.45, 7) is 0. The highest BCUT2D eigenvalue weighted by Gasteiger charge is 2.08. The van der Waals surface area contributed by atoms with Gasteiger partial charge >= 0.3 is 5.97 Å². The number of hydrogen-bond donors (Lipinski definition) is 0. The van der Waals surface area contributed by atoms with Gasteiger partial charge in [-0.3, -0.25) is 4.98 Å². The predicted molar refractivity (Wildman–Crippen MR) is 70.0 cm³/mol. The maximum absolute atomic E-state index is 11.8. The molecule has 0 spiro atoms. The first-order valence-electron chi connectivity index (χ1n) is 5.56. The van der Waals surface area contributed by atoms with Gasteiger partial charge in [-0.05, 0) is 24.3 Å². The molecule has 18 heavy (non-hydrogen) atoms. The Morgan fingerprint density at radius 2 is 1.89 bits per heavy atom. The second kappa shape index (κ2) is 5.31. The predicted octanol–water partition coefficient (Wildman–Crippen LogP) is 2.37. The molecule has 0 aliphatic carbocycles. The van der Waals surface area contributed by atoms with Crippen molar-refractivity contribution in [2.45, 2.75) is 0 Å². The molecule has 1 heterocycles. The van der Waals surface area contributed by atoms with Gasteiger partial charge < -0.3 is 9.64 Å². The summed E-state index contributed by atoms with van der Waals surface area (Å²) in [5.74, 6) is 0.149. The summed E-state index contributed by atoms with van der Waals surface area (Å²) in [5.41, 5.74) is 1.47. The number of nitrogens with zero attached hydrogens (tertiary/aromatic N) is 2. The largest absolute Gasteiger partial charge is 0.423 e. The van der Waals surface area contributed by atoms with Gasteiger partial charge in [0.1, 0.15) is 5.75 Å². The normalized spacial score (nSPS) is 9.89. The molecule has 1 aromatic heterocycles. The lowest BCUT2D eigenvalue weighted by Crippen LogP contribution is -2.11. The van der Waals surface area contributed by atoms with Crippen LogP contribution in [0.5, 0.6) is 5.75 Å². The van der Waals surface area contributed by atoms with E-state index in [2.05, 4.69) is 4.98 Å². The molecule has 0 saturated carbocycles. The van der Waals surface area contributed by atoms with E-state index in [4.69, 9.17) is 4.74 Å². The van der Waals surface area contributed by atoms with Gasteiger partial charge in [-0.1, -0.05) is 6.07 Å². The summed E-state index contributed by atoms with van der Waals surface area (Å²) in [7, 11) is 3.87. The number of benzene rings is 1. The van der Waals surface area contributed by atoms with Gasteiger partial charge in [0.2, 0.25) is 0 Å². The van der Waals surface area contributed by atoms with Gasteiger partial charge in [-0.25, -0.2) is 4.79 Å². The first-order valence-corrected chi connectivity index (χ1v) is 5.56. The van der Waals surface area contributed by atoms with Crippen LogP contribution in [0.15, 0.2) is 48.8 Å². The Morgan fingerprint density at radius 3 is 2.56 bits per heavy atom. The molecule has 0 bridgehead atoms. The molecule has 4 heteroatoms. The van der Waals surface area contributed by atoms with Crippen molar-refractivity contribution >= 4 is 11.7 Å². The van der Waals surface area contributed by atoms with E-state index in [0.717, 1.165) is 5.69 Å². The zero-order valence-corrected chi connectivity index (χ0v) is 10.3. The lowest BCUT2D eigenvalue weighted by molar-refractivity contribution is 0.0734. The third kappa shape index (κ3) is 2.85. The molecule has 4 nitrogen and oxygen atoms in total. The van der Waals surface area contributed by atoms with E-state index >= 15 is 0 Å². The number of anilines is 1. The van der Waals surface area contributed by atoms with Crippen LogP contribution >= 0.6 is 0 Å². The average Bonchev–Trinajstić information content (AvgIpc) is 2.40. The van der Waals surface area contributed by atoms with Crippen LogP contribution in [0.2, 0.25) is 0 Å². The molecule has 0 amide bonds. The molecule has 0 aliphatic heterocycles. The van der Waals surface area contributed by atoms with Crippen LogP contribution in [0.25, 0.3) is 0 Å². The molecule has 92 valence electrons. The highest BCUT2D eigenvalue weighted by molar-refractivity contribution is 5.90. The Balaban J connectivity index is 2.15. The van der Waals surface area contributed by atoms with E-state index in [1.165, 1.54) is 0 Å². The number of esters is 1. The van der Waals surface area contributed by atoms with Crippen LogP contribution in [-0.2, 0) is 0 Å². The SMILES string of the molecule is CN(C)c1cccc(OC(=O)c2ccncc2)c1. The second-order valence-electron chi connectivity index (χ2n) is 4.02. The summed E-state index contributed by atoms with van der Waals surface area (Å²) in [5, 5.41) is 0. The van der Waals surface area contributed by atoms with Gasteiger partial charge in [-0.2, -0.15) is 0 Å². The summed E-state index contributed by atoms with van der Waals surface area (Å²) >= 11 is 0. The van der Waals surface area contributed by atoms with Gasteiger partial charge in [0.05, 0.1) is 5.56 Å². The number of pyridine rings is 1. The minimum absolute atomic E-state index is 0.381. The average molecular weight is 242 g/mol. The Morgan fingerprint density at radius 1 is 1.17 bits per heavy atom. The molecule has 0 fully saturated rings. The van der Waals surface area contributed by atoms with Crippen molar-refractivity contribution in [1.82, 2.24) is 4.98 Å². The summed E-state index contributed by atoms with van der Waals surface area (Å²) < 4.78 is 5.30. The minimum Gasteiger partial charge on any atom is -0.423 e. The van der Waals surface area contributed by atoms with Crippen LogP contribution < -0.4 is 9.64 Å². The fraction of sp³-hybridized carbons (Fsp3) is 0.143. The molecule has 0 N–H and O–H groups in total. The van der Waals surface area contributed by atoms with Crippen molar-refractivity contribution < 1.29 is 9.53 Å². The molecule has 0 saturated heterocycles. The topological polar surface area (TPSA) is 42.4 Å². The smallest absolute Gasteiger partial charge is 0.343 e. The van der Waals surface area contributed by atoms with E-state index < -0.39 is 0 Å². The van der Waals surface area contributed by atoms with Crippen molar-refractivity contribution in [3.63, 3.8) is 0 Å². The number of ether oxygens (including phenoxy) is 1. The monoisotopic (exact) mass is 242 g/mol. The third-order valence-electron chi connectivity index (χ3n) is 2.46. The van der Waals surface area contributed by atoms with Crippen molar-refractivity contribution in [3.8, 4) is 5.75 Å². The molecule has 0 aliphatic rings. The quantitative estimate of drug-likeness (QED) is 0.612. The van der Waals surface area contributed by atoms with Crippen molar-refractivity contribution in [2.24, 2.45) is 0 Å². The van der Waals surface area contributed by atoms with Gasteiger partial charge in [0.15, 0.2) is 0 Å². The summed E-state index contributed by atoms with van der Waals surface area (Å²) in [4.78, 5) is 17.6. The van der Waals surface area contributed by atoms with E-state index in [9.17, 15) is 4.79 Å². The van der Waals surface area contributed by atoms with Crippen LogP contribution in [0.4, 0.5) is 5.69 Å². The fourth-order valence-corrected chi connectivity index (χ4v) is 1.48. The minimum atomic E-state index is -0.381. The lowest BCUT2D eigenvalue weighted by Gasteiger charge is -2.13. The molecule has 2 rings (SSSR count). The molecule has 0 atom stereocenters. The van der Waals surface area contributed by atoms with Crippen molar-refractivity contribution in [1.29, 1.82) is 0 Å². The molecule has 0 unspecified atom stereocenters. The third-order valence-corrected chi connectivity index (χ3v) is 2.46. The number of carbonyl (C=O) groups excluding carboxylic acids is 1. The highest BCUT2D eigenvalue weighted by Crippen LogP contribution is 2.20. The molecule has 0 radical (unpaired) electrons. The zero-order valence-electron chi connectivity index (χ0n) is 10.3. The van der Waals surface area contributed by atoms with Gasteiger partial charge in [0, 0.05) is 38.2 Å². The Bertz CT molecular complexity index is 539. The number of aromatic nitrogens is 1. The number of hydrogen-bond acceptors (Lipinski definition) is 4. The van der Waals surface area contributed by atoms with E-state index in [0.29, 0.717) is 11.3 Å². The van der Waals surface area contributed by atoms with Crippen molar-refractivity contribution in [2.75, 3.05) is 19.0 Å². The summed E-state index contributed by atoms with van der Waals surface area (Å²) in [6, 6.07) is 10.6. The molecule has 1 aromatic carbocycles. The van der Waals surface area contributed by atoms with Gasteiger partial charge in [-0.15, -0.1) is 0 Å². The Labute approximate surface area is 106 Å². The van der Waals surface area contributed by atoms with Crippen LogP contribution in [0.3, 0.4) is 0 Å². The van der Waals surface area contributed by atoms with Gasteiger partial charge in [0.25, 0.3) is 0 Å². The standard InChI is InChI=1S/C14H14N2O2/c1-16(2)12-4-3-5-13(10-12)18-14(17)11-6-8-15-9-7-11/h3-10H,1-2H3. The van der Waals surface area contributed by atoms with Crippen LogP contribution in [0.1, 0.15) is 10.4 Å². The lowest BCUT2D eigenvalue weighted by atomic mass is 10.2. The zero-order chi connectivity index (χ0) is 13.0. The number of carbonyl (C=O) groups is 1. The maximum atomic E-state index is 11.8. The second-order valence-corrected chi connectivity index (χ2v) is 4.02. The van der Waals surface area contributed by atoms with Crippen LogP contribution in [0, 0.1) is 0 Å². The Hall–Kier alpha value is -2.36. The molecular formula is C14H14N2O2. The van der Waals surface area contributed by atoms with E-state index in [1.54, 1.807) is 30.6 Å². The summed E-state index contributed by atoms with van der Waals surface area (Å²) in [6.07, 6.45) is 3.12. The molecular weight excluding hydrogens is 228 g/mol. The highest BCUT2D eigenvalue weighted by atomic mass is 16.5. The number of rotatable bonds is 3. The van der Waals surface area contributed by atoms with E-state index in [1.807, 2.05) is 37.2 Å². The molecule has 2 aromatic rings. The van der Waals surface area contributed by atoms with Crippen molar-refractivity contribution in [3.05, 3.63) is 54.4 Å². The van der Waals surface area contributed by atoms with Crippen LogP contribution in [-0.4, -0.2) is 25.0 Å². The van der Waals surface area contributed by atoms with E-state index in [-0.39, 0.29) is 5.97 Å².